The largest absolute Gasteiger partial charge is 0.378 e. The number of hydrogen-bond donors (Lipinski definition) is 0. The minimum atomic E-state index is -0.0108. The van der Waals surface area contributed by atoms with Crippen molar-refractivity contribution in [1.82, 2.24) is 14.9 Å². The lowest BCUT2D eigenvalue weighted by Crippen LogP contribution is -2.43. The van der Waals surface area contributed by atoms with Crippen LogP contribution < -0.4 is 0 Å². The molecule has 4 rings (SSSR count). The number of ether oxygens (including phenoxy) is 2. The topological polar surface area (TPSA) is 64.6 Å². The van der Waals surface area contributed by atoms with Crippen molar-refractivity contribution in [3.05, 3.63) is 24.3 Å². The maximum atomic E-state index is 12.5. The average molecular weight is 359 g/mol. The van der Waals surface area contributed by atoms with Gasteiger partial charge in [0.05, 0.1) is 25.5 Å². The number of carbonyl (C=O) groups is 1. The maximum Gasteiger partial charge on any atom is 0.274 e. The Morgan fingerprint density at radius 2 is 2.04 bits per heavy atom. The summed E-state index contributed by atoms with van der Waals surface area (Å²) in [6.45, 7) is 3.97. The van der Waals surface area contributed by atoms with Gasteiger partial charge in [0.25, 0.3) is 5.91 Å². The van der Waals surface area contributed by atoms with Crippen LogP contribution in [0.3, 0.4) is 0 Å². The van der Waals surface area contributed by atoms with Gasteiger partial charge in [-0.25, -0.2) is 4.98 Å². The minimum absolute atomic E-state index is 0.0108. The van der Waals surface area contributed by atoms with Crippen molar-refractivity contribution in [2.75, 3.05) is 32.9 Å². The highest BCUT2D eigenvalue weighted by atomic mass is 16.5. The highest BCUT2D eigenvalue weighted by Gasteiger charge is 2.43. The smallest absolute Gasteiger partial charge is 0.274 e. The van der Waals surface area contributed by atoms with Crippen LogP contribution in [0, 0.1) is 11.3 Å². The van der Waals surface area contributed by atoms with Gasteiger partial charge in [0.15, 0.2) is 0 Å². The molecule has 1 aromatic rings. The van der Waals surface area contributed by atoms with Gasteiger partial charge in [0.2, 0.25) is 0 Å². The van der Waals surface area contributed by atoms with Crippen molar-refractivity contribution >= 4 is 5.91 Å². The van der Waals surface area contributed by atoms with Gasteiger partial charge < -0.3 is 14.4 Å². The summed E-state index contributed by atoms with van der Waals surface area (Å²) >= 11 is 0. The van der Waals surface area contributed by atoms with E-state index in [-0.39, 0.29) is 17.4 Å². The second kappa shape index (κ2) is 8.01. The van der Waals surface area contributed by atoms with Gasteiger partial charge in [-0.3, -0.25) is 9.78 Å². The van der Waals surface area contributed by atoms with Gasteiger partial charge >= 0.3 is 0 Å². The molecule has 0 aromatic carbocycles. The van der Waals surface area contributed by atoms with E-state index in [0.29, 0.717) is 5.69 Å². The number of piperidine rings is 1. The molecule has 2 saturated heterocycles. The lowest BCUT2D eigenvalue weighted by atomic mass is 9.76. The van der Waals surface area contributed by atoms with Crippen molar-refractivity contribution in [2.45, 2.75) is 51.0 Å². The first kappa shape index (κ1) is 17.9. The predicted octanol–water partition coefficient (Wildman–Crippen LogP) is 2.69. The Hall–Kier alpha value is -1.53. The molecule has 26 heavy (non-hydrogen) atoms. The molecule has 1 atom stereocenters. The summed E-state index contributed by atoms with van der Waals surface area (Å²) in [5.41, 5.74) is 0.657. The maximum absolute atomic E-state index is 12.5. The number of amides is 1. The number of rotatable bonds is 5. The third-order valence-corrected chi connectivity index (χ3v) is 6.31. The summed E-state index contributed by atoms with van der Waals surface area (Å²) in [5, 5.41) is 0. The molecule has 0 N–H and O–H groups in total. The number of aromatic nitrogens is 2. The molecular weight excluding hydrogens is 330 g/mol. The summed E-state index contributed by atoms with van der Waals surface area (Å²) in [5.74, 6) is 0.754. The lowest BCUT2D eigenvalue weighted by molar-refractivity contribution is 0.00260. The van der Waals surface area contributed by atoms with E-state index in [0.717, 1.165) is 58.1 Å². The van der Waals surface area contributed by atoms with Gasteiger partial charge in [-0.1, -0.05) is 12.8 Å². The summed E-state index contributed by atoms with van der Waals surface area (Å²) in [4.78, 5) is 22.5. The molecule has 3 heterocycles. The Morgan fingerprint density at radius 3 is 2.77 bits per heavy atom. The molecular formula is C20H29N3O3. The van der Waals surface area contributed by atoms with Crippen LogP contribution in [-0.4, -0.2) is 59.8 Å². The van der Waals surface area contributed by atoms with Crippen LogP contribution in [0.1, 0.15) is 55.4 Å². The zero-order valence-electron chi connectivity index (χ0n) is 15.4. The van der Waals surface area contributed by atoms with Crippen LogP contribution in [0.2, 0.25) is 0 Å². The molecule has 1 aromatic heterocycles. The quantitative estimate of drug-likeness (QED) is 0.809. The number of likely N-dealkylation sites (tertiary alicyclic amines) is 1. The normalized spacial score (nSPS) is 25.8. The second-order valence-electron chi connectivity index (χ2n) is 8.21. The molecule has 1 saturated carbocycles. The summed E-state index contributed by atoms with van der Waals surface area (Å²) in [6.07, 6.45) is 13.4. The molecule has 1 spiro atoms. The number of hydrogen-bond acceptors (Lipinski definition) is 5. The first-order valence-electron chi connectivity index (χ1n) is 9.99. The summed E-state index contributed by atoms with van der Waals surface area (Å²) in [7, 11) is 0. The molecule has 3 aliphatic rings. The Bertz CT molecular complexity index is 596. The molecule has 6 heteroatoms. The standard InChI is InChI=1S/C20H29N3O3/c24-19(18-12-21-7-8-22-18)23-9-5-20(6-10-23)11-17(26-15-20)14-25-13-16-3-1-2-4-16/h7-8,12,16-17H,1-6,9-11,13-15H2. The Kier molecular flexibility index (Phi) is 5.50. The van der Waals surface area contributed by atoms with E-state index in [9.17, 15) is 4.79 Å². The summed E-state index contributed by atoms with van der Waals surface area (Å²) < 4.78 is 12.0. The fourth-order valence-electron chi connectivity index (χ4n) is 4.65. The van der Waals surface area contributed by atoms with E-state index in [1.807, 2.05) is 4.90 Å². The van der Waals surface area contributed by atoms with Gasteiger partial charge in [0, 0.05) is 32.1 Å². The number of nitrogens with zero attached hydrogens (tertiary/aromatic N) is 3. The molecule has 1 aliphatic carbocycles. The SMILES string of the molecule is O=C(c1cnccn1)N1CCC2(CC1)COC(COCC1CCCC1)C2. The highest BCUT2D eigenvalue weighted by molar-refractivity contribution is 5.92. The summed E-state index contributed by atoms with van der Waals surface area (Å²) in [6, 6.07) is 0. The van der Waals surface area contributed by atoms with Crippen LogP contribution in [0.25, 0.3) is 0 Å². The van der Waals surface area contributed by atoms with Gasteiger partial charge in [-0.05, 0) is 43.4 Å². The van der Waals surface area contributed by atoms with Crippen LogP contribution in [0.5, 0.6) is 0 Å². The zero-order chi connectivity index (χ0) is 17.8. The lowest BCUT2D eigenvalue weighted by Gasteiger charge is -2.38. The van der Waals surface area contributed by atoms with Crippen LogP contribution in [0.15, 0.2) is 18.6 Å². The Labute approximate surface area is 155 Å². The Morgan fingerprint density at radius 1 is 1.23 bits per heavy atom. The van der Waals surface area contributed by atoms with Crippen molar-refractivity contribution < 1.29 is 14.3 Å². The van der Waals surface area contributed by atoms with E-state index in [1.54, 1.807) is 18.6 Å². The molecule has 0 radical (unpaired) electrons. The molecule has 2 aliphatic heterocycles. The van der Waals surface area contributed by atoms with Gasteiger partial charge in [0.1, 0.15) is 5.69 Å². The molecule has 3 fully saturated rings. The molecule has 6 nitrogen and oxygen atoms in total. The molecule has 1 amide bonds. The fraction of sp³-hybridized carbons (Fsp3) is 0.750. The second-order valence-corrected chi connectivity index (χ2v) is 8.21. The van der Waals surface area contributed by atoms with Gasteiger partial charge in [-0.2, -0.15) is 0 Å². The predicted molar refractivity (Wildman–Crippen MR) is 96.7 cm³/mol. The first-order chi connectivity index (χ1) is 12.7. The average Bonchev–Trinajstić information content (AvgIpc) is 3.33. The van der Waals surface area contributed by atoms with E-state index >= 15 is 0 Å². The van der Waals surface area contributed by atoms with Crippen molar-refractivity contribution in [3.8, 4) is 0 Å². The molecule has 1 unspecified atom stereocenters. The van der Waals surface area contributed by atoms with E-state index < -0.39 is 0 Å². The first-order valence-corrected chi connectivity index (χ1v) is 9.99. The fourth-order valence-corrected chi connectivity index (χ4v) is 4.65. The minimum Gasteiger partial charge on any atom is -0.378 e. The molecule has 0 bridgehead atoms. The Balaban J connectivity index is 1.22. The van der Waals surface area contributed by atoms with Crippen molar-refractivity contribution in [1.29, 1.82) is 0 Å². The van der Waals surface area contributed by atoms with Gasteiger partial charge in [-0.15, -0.1) is 0 Å². The van der Waals surface area contributed by atoms with Crippen molar-refractivity contribution in [3.63, 3.8) is 0 Å². The van der Waals surface area contributed by atoms with Crippen LogP contribution in [0.4, 0.5) is 0 Å². The van der Waals surface area contributed by atoms with Crippen molar-refractivity contribution in [2.24, 2.45) is 11.3 Å². The third-order valence-electron chi connectivity index (χ3n) is 6.31. The van der Waals surface area contributed by atoms with Crippen LogP contribution >= 0.6 is 0 Å². The molecule has 142 valence electrons. The number of carbonyl (C=O) groups excluding carboxylic acids is 1. The van der Waals surface area contributed by atoms with E-state index in [4.69, 9.17) is 9.47 Å². The van der Waals surface area contributed by atoms with Crippen LogP contribution in [-0.2, 0) is 9.47 Å². The van der Waals surface area contributed by atoms with E-state index in [2.05, 4.69) is 9.97 Å². The third kappa shape index (κ3) is 4.07. The van der Waals surface area contributed by atoms with E-state index in [1.165, 1.54) is 25.7 Å². The monoisotopic (exact) mass is 359 g/mol. The zero-order valence-corrected chi connectivity index (χ0v) is 15.4. The highest BCUT2D eigenvalue weighted by Crippen LogP contribution is 2.42.